The number of amides is 1. The Bertz CT molecular complexity index is 1100. The van der Waals surface area contributed by atoms with E-state index in [4.69, 9.17) is 0 Å². The Labute approximate surface area is 190 Å². The van der Waals surface area contributed by atoms with Gasteiger partial charge in [-0.05, 0) is 35.1 Å². The summed E-state index contributed by atoms with van der Waals surface area (Å²) in [6, 6.07) is 27.4. The van der Waals surface area contributed by atoms with Gasteiger partial charge in [-0.25, -0.2) is 8.42 Å². The van der Waals surface area contributed by atoms with Crippen molar-refractivity contribution in [1.29, 1.82) is 0 Å². The largest absolute Gasteiger partial charge is 0.334 e. The number of carbonyl (C=O) groups is 1. The molecule has 0 radical (unpaired) electrons. The molecule has 32 heavy (non-hydrogen) atoms. The molecule has 1 fully saturated rings. The minimum atomic E-state index is -3.13. The first-order chi connectivity index (χ1) is 15.5. The van der Waals surface area contributed by atoms with Crippen LogP contribution in [0.2, 0.25) is 0 Å². The lowest BCUT2D eigenvalue weighted by Gasteiger charge is -2.32. The van der Waals surface area contributed by atoms with Gasteiger partial charge in [-0.3, -0.25) is 4.79 Å². The van der Waals surface area contributed by atoms with Crippen LogP contribution >= 0.6 is 0 Å². The van der Waals surface area contributed by atoms with Crippen LogP contribution in [0.4, 0.5) is 0 Å². The normalized spacial score (nSPS) is 17.4. The molecule has 166 valence electrons. The molecule has 3 aromatic carbocycles. The summed E-state index contributed by atoms with van der Waals surface area (Å²) in [4.78, 5) is 15.9. The lowest BCUT2D eigenvalue weighted by molar-refractivity contribution is -0.134. The van der Waals surface area contributed by atoms with Crippen LogP contribution in [0.3, 0.4) is 0 Å². The summed E-state index contributed by atoms with van der Waals surface area (Å²) in [6.45, 7) is 2.51. The number of sulfone groups is 1. The molecule has 0 unspecified atom stereocenters. The van der Waals surface area contributed by atoms with Crippen molar-refractivity contribution < 1.29 is 13.2 Å². The third kappa shape index (κ3) is 5.10. The number of carbonyl (C=O) groups excluding carboxylic acids is 1. The fourth-order valence-corrected chi connectivity index (χ4v) is 6.15. The second-order valence-electron chi connectivity index (χ2n) is 8.45. The molecule has 1 atom stereocenters. The fourth-order valence-electron chi connectivity index (χ4n) is 4.42. The maximum absolute atomic E-state index is 14.1. The van der Waals surface area contributed by atoms with Gasteiger partial charge in [0.2, 0.25) is 5.91 Å². The van der Waals surface area contributed by atoms with Crippen LogP contribution in [0.1, 0.15) is 41.5 Å². The van der Waals surface area contributed by atoms with Crippen molar-refractivity contribution in [2.24, 2.45) is 0 Å². The fraction of sp³-hybridized carbons (Fsp3) is 0.296. The van der Waals surface area contributed by atoms with E-state index in [2.05, 4.69) is 19.1 Å². The van der Waals surface area contributed by atoms with E-state index in [1.165, 1.54) is 5.56 Å². The van der Waals surface area contributed by atoms with Gasteiger partial charge < -0.3 is 4.90 Å². The molecule has 1 amide bonds. The van der Waals surface area contributed by atoms with Crippen LogP contribution in [0.25, 0.3) is 0 Å². The Morgan fingerprint density at radius 1 is 0.875 bits per heavy atom. The molecule has 5 heteroatoms. The maximum atomic E-state index is 14.1. The Balaban J connectivity index is 1.72. The summed E-state index contributed by atoms with van der Waals surface area (Å²) < 4.78 is 24.6. The molecule has 1 saturated heterocycles. The summed E-state index contributed by atoms with van der Waals surface area (Å²) in [6.07, 6.45) is 1.44. The molecular weight excluding hydrogens is 418 g/mol. The average Bonchev–Trinajstić information content (AvgIpc) is 3.18. The molecule has 0 aromatic heterocycles. The summed E-state index contributed by atoms with van der Waals surface area (Å²) in [5.74, 6) is -0.362. The van der Waals surface area contributed by atoms with Crippen LogP contribution in [0.15, 0.2) is 84.9 Å². The Hall–Kier alpha value is -2.92. The number of nitrogens with zero attached hydrogens (tertiary/aromatic N) is 1. The molecule has 0 aliphatic carbocycles. The lowest BCUT2D eigenvalue weighted by Crippen LogP contribution is -2.43. The monoisotopic (exact) mass is 447 g/mol. The second-order valence-corrected chi connectivity index (χ2v) is 10.7. The Morgan fingerprint density at radius 2 is 1.41 bits per heavy atom. The highest BCUT2D eigenvalue weighted by Crippen LogP contribution is 2.30. The van der Waals surface area contributed by atoms with Crippen LogP contribution in [-0.2, 0) is 27.6 Å². The zero-order valence-corrected chi connectivity index (χ0v) is 19.2. The maximum Gasteiger partial charge on any atom is 0.235 e. The number of aryl methyl sites for hydroxylation is 1. The van der Waals surface area contributed by atoms with Crippen molar-refractivity contribution >= 4 is 15.7 Å². The third-order valence-electron chi connectivity index (χ3n) is 6.23. The Morgan fingerprint density at radius 3 is 1.88 bits per heavy atom. The molecule has 1 heterocycles. The number of benzene rings is 3. The summed E-state index contributed by atoms with van der Waals surface area (Å²) in [5.41, 5.74) is 4.08. The van der Waals surface area contributed by atoms with E-state index in [9.17, 15) is 13.2 Å². The van der Waals surface area contributed by atoms with E-state index in [0.29, 0.717) is 13.0 Å². The predicted octanol–water partition coefficient (Wildman–Crippen LogP) is 4.60. The van der Waals surface area contributed by atoms with Gasteiger partial charge in [0.25, 0.3) is 0 Å². The first kappa shape index (κ1) is 22.3. The smallest absolute Gasteiger partial charge is 0.235 e. The minimum Gasteiger partial charge on any atom is -0.334 e. The number of rotatable bonds is 7. The van der Waals surface area contributed by atoms with Crippen molar-refractivity contribution in [2.45, 2.75) is 38.3 Å². The number of hydrogen-bond acceptors (Lipinski definition) is 3. The molecular formula is C27H29NO3S. The third-order valence-corrected chi connectivity index (χ3v) is 7.98. The lowest BCUT2D eigenvalue weighted by atomic mass is 9.89. The summed E-state index contributed by atoms with van der Waals surface area (Å²) in [5, 5.41) is 0. The number of hydrogen-bond donors (Lipinski definition) is 0. The van der Waals surface area contributed by atoms with Crippen LogP contribution in [0.5, 0.6) is 0 Å². The van der Waals surface area contributed by atoms with Gasteiger partial charge in [0.05, 0.1) is 17.4 Å². The molecule has 3 aromatic rings. The second kappa shape index (κ2) is 9.70. The van der Waals surface area contributed by atoms with Crippen molar-refractivity contribution in [3.8, 4) is 0 Å². The van der Waals surface area contributed by atoms with E-state index in [1.807, 2.05) is 72.8 Å². The van der Waals surface area contributed by atoms with E-state index in [0.717, 1.165) is 23.1 Å². The van der Waals surface area contributed by atoms with Gasteiger partial charge in [0.15, 0.2) is 9.84 Å². The predicted molar refractivity (Wildman–Crippen MR) is 128 cm³/mol. The molecule has 1 aliphatic heterocycles. The first-order valence-electron chi connectivity index (χ1n) is 11.2. The van der Waals surface area contributed by atoms with E-state index in [1.54, 1.807) is 4.90 Å². The molecule has 4 nitrogen and oxygen atoms in total. The van der Waals surface area contributed by atoms with E-state index < -0.39 is 15.8 Å². The molecule has 4 rings (SSSR count). The van der Waals surface area contributed by atoms with Gasteiger partial charge in [-0.2, -0.15) is 0 Å². The molecule has 0 bridgehead atoms. The average molecular weight is 448 g/mol. The quantitative estimate of drug-likeness (QED) is 0.532. The van der Waals surface area contributed by atoms with Crippen LogP contribution < -0.4 is 0 Å². The van der Waals surface area contributed by atoms with E-state index in [-0.39, 0.29) is 23.5 Å². The first-order valence-corrected chi connectivity index (χ1v) is 13.0. The summed E-state index contributed by atoms with van der Waals surface area (Å²) in [7, 11) is -3.13. The van der Waals surface area contributed by atoms with Gasteiger partial charge in [0, 0.05) is 12.6 Å². The Kier molecular flexibility index (Phi) is 6.75. The molecule has 1 aliphatic rings. The van der Waals surface area contributed by atoms with Crippen LogP contribution in [-0.4, -0.2) is 36.8 Å². The van der Waals surface area contributed by atoms with Gasteiger partial charge in [-0.1, -0.05) is 91.9 Å². The van der Waals surface area contributed by atoms with Crippen molar-refractivity contribution in [2.75, 3.05) is 11.5 Å². The van der Waals surface area contributed by atoms with Crippen LogP contribution in [0, 0.1) is 0 Å². The van der Waals surface area contributed by atoms with Gasteiger partial charge in [-0.15, -0.1) is 0 Å². The highest BCUT2D eigenvalue weighted by atomic mass is 32.2. The zero-order valence-electron chi connectivity index (χ0n) is 18.4. The highest BCUT2D eigenvalue weighted by Gasteiger charge is 2.37. The summed E-state index contributed by atoms with van der Waals surface area (Å²) >= 11 is 0. The molecule has 0 saturated carbocycles. The molecule has 0 spiro atoms. The standard InChI is InChI=1S/C27H29NO3S/c1-2-21-13-15-22(16-14-21)19-28(25-17-18-32(30,31)20-25)27(29)26(23-9-5-3-6-10-23)24-11-7-4-8-12-24/h3-16,25-26H,2,17-20H2,1H3/t25-/m1/s1. The minimum absolute atomic E-state index is 0.0298. The zero-order chi connectivity index (χ0) is 22.6. The van der Waals surface area contributed by atoms with E-state index >= 15 is 0 Å². The topological polar surface area (TPSA) is 54.5 Å². The van der Waals surface area contributed by atoms with Crippen molar-refractivity contribution in [3.05, 3.63) is 107 Å². The van der Waals surface area contributed by atoms with Gasteiger partial charge >= 0.3 is 0 Å². The van der Waals surface area contributed by atoms with Crippen molar-refractivity contribution in [3.63, 3.8) is 0 Å². The molecule has 0 N–H and O–H groups in total. The SMILES string of the molecule is CCc1ccc(CN(C(=O)C(c2ccccc2)c2ccccc2)[C@@H]2CCS(=O)(=O)C2)cc1. The van der Waals surface area contributed by atoms with Gasteiger partial charge in [0.1, 0.15) is 0 Å². The highest BCUT2D eigenvalue weighted by molar-refractivity contribution is 7.91. The van der Waals surface area contributed by atoms with Crippen molar-refractivity contribution in [1.82, 2.24) is 4.90 Å².